The van der Waals surface area contributed by atoms with Gasteiger partial charge in [0.05, 0.1) is 39.9 Å². The summed E-state index contributed by atoms with van der Waals surface area (Å²) in [4.78, 5) is 28.5. The number of ether oxygens (including phenoxy) is 1. The van der Waals surface area contributed by atoms with Gasteiger partial charge in [-0.1, -0.05) is 6.07 Å². The monoisotopic (exact) mass is 414 g/mol. The molecule has 5 heterocycles. The van der Waals surface area contributed by atoms with Gasteiger partial charge in [0, 0.05) is 30.5 Å². The Morgan fingerprint density at radius 2 is 2.03 bits per heavy atom. The molecule has 0 saturated carbocycles. The molecule has 5 rings (SSSR count). The van der Waals surface area contributed by atoms with Crippen molar-refractivity contribution in [3.63, 3.8) is 0 Å². The predicted octanol–water partition coefficient (Wildman–Crippen LogP) is 3.25. The van der Waals surface area contributed by atoms with Crippen LogP contribution >= 0.6 is 0 Å². The summed E-state index contributed by atoms with van der Waals surface area (Å²) in [7, 11) is 2.02. The third-order valence-electron chi connectivity index (χ3n) is 5.45. The van der Waals surface area contributed by atoms with E-state index in [2.05, 4.69) is 25.1 Å². The summed E-state index contributed by atoms with van der Waals surface area (Å²) in [5.74, 6) is -0.366. The minimum absolute atomic E-state index is 0.0807. The maximum Gasteiger partial charge on any atom is 0.340 e. The molecule has 1 atom stereocenters. The van der Waals surface area contributed by atoms with Crippen molar-refractivity contribution in [1.29, 1.82) is 0 Å². The Labute approximate surface area is 179 Å². The molecule has 1 N–H and O–H groups in total. The van der Waals surface area contributed by atoms with E-state index in [9.17, 15) is 4.79 Å². The number of esters is 1. The number of rotatable bonds is 4. The van der Waals surface area contributed by atoms with Gasteiger partial charge in [-0.25, -0.2) is 9.78 Å². The normalized spacial score (nSPS) is 16.6. The molecular formula is C23H22N6O2. The molecule has 0 amide bonds. The number of nitrogens with zero attached hydrogens (tertiary/aromatic N) is 5. The van der Waals surface area contributed by atoms with Crippen molar-refractivity contribution in [2.24, 2.45) is 0 Å². The summed E-state index contributed by atoms with van der Waals surface area (Å²) in [6, 6.07) is 11.4. The fourth-order valence-electron chi connectivity index (χ4n) is 3.84. The molecule has 0 spiro atoms. The number of carbonyl (C=O) groups is 1. The van der Waals surface area contributed by atoms with Crippen LogP contribution in [-0.2, 0) is 4.74 Å². The number of pyridine rings is 3. The van der Waals surface area contributed by atoms with E-state index in [0.717, 1.165) is 47.8 Å². The van der Waals surface area contributed by atoms with E-state index in [0.29, 0.717) is 16.6 Å². The molecule has 0 bridgehead atoms. The van der Waals surface area contributed by atoms with E-state index < -0.39 is 0 Å². The van der Waals surface area contributed by atoms with Crippen LogP contribution in [0.5, 0.6) is 0 Å². The molecule has 1 unspecified atom stereocenters. The first-order valence-electron chi connectivity index (χ1n) is 10.2. The van der Waals surface area contributed by atoms with E-state index in [4.69, 9.17) is 9.72 Å². The maximum absolute atomic E-state index is 12.6. The van der Waals surface area contributed by atoms with Crippen molar-refractivity contribution in [2.75, 3.05) is 20.1 Å². The van der Waals surface area contributed by atoms with Crippen LogP contribution in [-0.4, -0.2) is 62.3 Å². The second kappa shape index (κ2) is 7.88. The van der Waals surface area contributed by atoms with Crippen molar-refractivity contribution < 1.29 is 9.53 Å². The Morgan fingerprint density at radius 3 is 2.84 bits per heavy atom. The SMILES string of the molecule is Cc1cccc(-c2[nH]ncc2-c2ccc3ncc(C(=O)OC4CCN(C)C4)cc3n2)n1. The van der Waals surface area contributed by atoms with Crippen molar-refractivity contribution in [3.8, 4) is 22.6 Å². The number of carbonyl (C=O) groups excluding carboxylic acids is 1. The molecule has 156 valence electrons. The van der Waals surface area contributed by atoms with E-state index >= 15 is 0 Å². The van der Waals surface area contributed by atoms with E-state index in [1.54, 1.807) is 18.5 Å². The molecule has 8 nitrogen and oxygen atoms in total. The van der Waals surface area contributed by atoms with Crippen LogP contribution in [0.1, 0.15) is 22.5 Å². The summed E-state index contributed by atoms with van der Waals surface area (Å²) in [6.45, 7) is 3.64. The maximum atomic E-state index is 12.6. The molecule has 0 aliphatic carbocycles. The molecule has 1 aliphatic rings. The molecule has 4 aromatic rings. The molecule has 31 heavy (non-hydrogen) atoms. The Morgan fingerprint density at radius 1 is 1.13 bits per heavy atom. The van der Waals surface area contributed by atoms with E-state index in [-0.39, 0.29) is 12.1 Å². The summed E-state index contributed by atoms with van der Waals surface area (Å²) >= 11 is 0. The summed E-state index contributed by atoms with van der Waals surface area (Å²) in [5.41, 5.74) is 5.81. The van der Waals surface area contributed by atoms with Crippen molar-refractivity contribution >= 4 is 17.0 Å². The van der Waals surface area contributed by atoms with E-state index in [1.165, 1.54) is 0 Å². The lowest BCUT2D eigenvalue weighted by atomic mass is 10.1. The number of aromatic nitrogens is 5. The number of likely N-dealkylation sites (N-methyl/N-ethyl adjacent to an activating group) is 1. The molecule has 1 saturated heterocycles. The number of H-pyrrole nitrogens is 1. The Kier molecular flexibility index (Phi) is 4.91. The molecule has 8 heteroatoms. The minimum atomic E-state index is -0.366. The van der Waals surface area contributed by atoms with Gasteiger partial charge in [-0.2, -0.15) is 5.10 Å². The quantitative estimate of drug-likeness (QED) is 0.512. The van der Waals surface area contributed by atoms with Crippen LogP contribution in [0.25, 0.3) is 33.7 Å². The first-order chi connectivity index (χ1) is 15.1. The van der Waals surface area contributed by atoms with Crippen LogP contribution < -0.4 is 0 Å². The van der Waals surface area contributed by atoms with Crippen LogP contribution in [0.4, 0.5) is 0 Å². The third kappa shape index (κ3) is 3.89. The number of nitrogens with one attached hydrogen (secondary N) is 1. The zero-order valence-electron chi connectivity index (χ0n) is 17.4. The lowest BCUT2D eigenvalue weighted by Gasteiger charge is -2.12. The molecule has 4 aromatic heterocycles. The Balaban J connectivity index is 1.47. The average Bonchev–Trinajstić information content (AvgIpc) is 3.42. The van der Waals surface area contributed by atoms with Gasteiger partial charge in [-0.05, 0) is 50.7 Å². The highest BCUT2D eigenvalue weighted by Crippen LogP contribution is 2.29. The largest absolute Gasteiger partial charge is 0.457 e. The molecular weight excluding hydrogens is 392 g/mol. The standard InChI is InChI=1S/C23H22N6O2/c1-14-4-3-5-20(26-14)22-17(12-25-28-22)18-6-7-19-21(27-18)10-15(11-24-19)23(30)31-16-8-9-29(2)13-16/h3-7,10-12,16H,8-9,13H2,1-2H3,(H,25,28). The Bertz CT molecular complexity index is 1270. The van der Waals surface area contributed by atoms with Gasteiger partial charge < -0.3 is 9.64 Å². The number of fused-ring (bicyclic) bond motifs is 1. The average molecular weight is 414 g/mol. The zero-order valence-corrected chi connectivity index (χ0v) is 17.4. The number of aryl methyl sites for hydroxylation is 1. The van der Waals surface area contributed by atoms with Gasteiger partial charge >= 0.3 is 5.97 Å². The van der Waals surface area contributed by atoms with Crippen LogP contribution in [0, 0.1) is 6.92 Å². The lowest BCUT2D eigenvalue weighted by Crippen LogP contribution is -2.22. The fraction of sp³-hybridized carbons (Fsp3) is 0.261. The molecule has 1 fully saturated rings. The van der Waals surface area contributed by atoms with Crippen molar-refractivity contribution in [2.45, 2.75) is 19.4 Å². The smallest absolute Gasteiger partial charge is 0.340 e. The van der Waals surface area contributed by atoms with Gasteiger partial charge in [0.2, 0.25) is 0 Å². The fourth-order valence-corrected chi connectivity index (χ4v) is 3.84. The highest BCUT2D eigenvalue weighted by Gasteiger charge is 2.24. The first kappa shape index (κ1) is 19.3. The summed E-state index contributed by atoms with van der Waals surface area (Å²) < 4.78 is 5.64. The lowest BCUT2D eigenvalue weighted by molar-refractivity contribution is 0.0327. The third-order valence-corrected chi connectivity index (χ3v) is 5.45. The van der Waals surface area contributed by atoms with Gasteiger partial charge in [-0.15, -0.1) is 0 Å². The molecule has 0 radical (unpaired) electrons. The molecule has 1 aliphatic heterocycles. The van der Waals surface area contributed by atoms with E-state index in [1.807, 2.05) is 44.3 Å². The minimum Gasteiger partial charge on any atom is -0.457 e. The van der Waals surface area contributed by atoms with Crippen LogP contribution in [0.3, 0.4) is 0 Å². The first-order valence-corrected chi connectivity index (χ1v) is 10.2. The van der Waals surface area contributed by atoms with Crippen molar-refractivity contribution in [3.05, 3.63) is 60.0 Å². The number of hydrogen-bond acceptors (Lipinski definition) is 7. The van der Waals surface area contributed by atoms with Crippen LogP contribution in [0.15, 0.2) is 48.8 Å². The predicted molar refractivity (Wildman–Crippen MR) is 116 cm³/mol. The Hall–Kier alpha value is -3.65. The van der Waals surface area contributed by atoms with Crippen LogP contribution in [0.2, 0.25) is 0 Å². The second-order valence-corrected chi connectivity index (χ2v) is 7.86. The van der Waals surface area contributed by atoms with Gasteiger partial charge in [0.25, 0.3) is 0 Å². The number of hydrogen-bond donors (Lipinski definition) is 1. The highest BCUT2D eigenvalue weighted by atomic mass is 16.5. The summed E-state index contributed by atoms with van der Waals surface area (Å²) in [6.07, 6.45) is 4.05. The number of aromatic amines is 1. The zero-order chi connectivity index (χ0) is 21.4. The highest BCUT2D eigenvalue weighted by molar-refractivity contribution is 5.93. The number of likely N-dealkylation sites (tertiary alicyclic amines) is 1. The molecule has 0 aromatic carbocycles. The summed E-state index contributed by atoms with van der Waals surface area (Å²) in [5, 5.41) is 7.22. The van der Waals surface area contributed by atoms with Gasteiger partial charge in [0.15, 0.2) is 0 Å². The topological polar surface area (TPSA) is 96.9 Å². The van der Waals surface area contributed by atoms with Crippen molar-refractivity contribution in [1.82, 2.24) is 30.0 Å². The van der Waals surface area contributed by atoms with Gasteiger partial charge in [0.1, 0.15) is 6.10 Å². The second-order valence-electron chi connectivity index (χ2n) is 7.86. The van der Waals surface area contributed by atoms with Gasteiger partial charge in [-0.3, -0.25) is 15.1 Å².